The fourth-order valence-electron chi connectivity index (χ4n) is 3.41. The Hall–Kier alpha value is -2.93. The molecule has 0 aliphatic carbocycles. The molecule has 0 saturated heterocycles. The zero-order chi connectivity index (χ0) is 19.1. The zero-order valence-electron chi connectivity index (χ0n) is 15.6. The first-order valence-electron chi connectivity index (χ1n) is 9.03. The molecule has 0 unspecified atom stereocenters. The van der Waals surface area contributed by atoms with Gasteiger partial charge in [-0.2, -0.15) is 0 Å². The first kappa shape index (κ1) is 17.5. The van der Waals surface area contributed by atoms with Crippen molar-refractivity contribution in [3.05, 3.63) is 51.8 Å². The second-order valence-corrected chi connectivity index (χ2v) is 7.12. The van der Waals surface area contributed by atoms with Crippen LogP contribution in [0.2, 0.25) is 0 Å². The van der Waals surface area contributed by atoms with Crippen molar-refractivity contribution < 1.29 is 9.52 Å². The maximum Gasteiger partial charge on any atom is 0.348 e. The fraction of sp³-hybridized carbons (Fsp3) is 0.350. The maximum atomic E-state index is 11.9. The van der Waals surface area contributed by atoms with Crippen LogP contribution in [0.5, 0.6) is 5.75 Å². The standard InChI is InChI=1S/C20H22N4O3/c1-12(2)23-6-7-24-17-5-4-14(9-16(17)22-19(24)11-23)21-10-15-18(25)8-13(3)27-20(15)26/h4-5,8-10,12,25H,6-7,11H2,1-3H3. The topological polar surface area (TPSA) is 83.9 Å². The van der Waals surface area contributed by atoms with Gasteiger partial charge in [-0.1, -0.05) is 0 Å². The summed E-state index contributed by atoms with van der Waals surface area (Å²) in [6, 6.07) is 7.67. The lowest BCUT2D eigenvalue weighted by Gasteiger charge is -2.30. The van der Waals surface area contributed by atoms with E-state index in [2.05, 4.69) is 28.3 Å². The largest absolute Gasteiger partial charge is 0.507 e. The smallest absolute Gasteiger partial charge is 0.348 e. The summed E-state index contributed by atoms with van der Waals surface area (Å²) in [7, 11) is 0. The molecule has 4 rings (SSSR count). The summed E-state index contributed by atoms with van der Waals surface area (Å²) in [5.74, 6) is 1.28. The summed E-state index contributed by atoms with van der Waals surface area (Å²) in [4.78, 5) is 23.4. The Morgan fingerprint density at radius 1 is 1.30 bits per heavy atom. The van der Waals surface area contributed by atoms with Gasteiger partial charge in [0.25, 0.3) is 0 Å². The van der Waals surface area contributed by atoms with Crippen molar-refractivity contribution in [3.8, 4) is 5.75 Å². The van der Waals surface area contributed by atoms with Crippen molar-refractivity contribution in [1.29, 1.82) is 0 Å². The molecule has 2 aromatic heterocycles. The number of aliphatic imine (C=N–C) groups is 1. The summed E-state index contributed by atoms with van der Waals surface area (Å²) < 4.78 is 7.26. The molecule has 1 aliphatic heterocycles. The van der Waals surface area contributed by atoms with Gasteiger partial charge in [0, 0.05) is 31.4 Å². The van der Waals surface area contributed by atoms with Gasteiger partial charge >= 0.3 is 5.63 Å². The summed E-state index contributed by atoms with van der Waals surface area (Å²) in [5.41, 5.74) is 2.06. The number of rotatable bonds is 3. The van der Waals surface area contributed by atoms with Crippen LogP contribution in [0.3, 0.4) is 0 Å². The molecule has 0 atom stereocenters. The Morgan fingerprint density at radius 3 is 2.85 bits per heavy atom. The third kappa shape index (κ3) is 3.26. The average molecular weight is 366 g/mol. The Bertz CT molecular complexity index is 1090. The van der Waals surface area contributed by atoms with Gasteiger partial charge in [0.05, 0.1) is 23.3 Å². The quantitative estimate of drug-likeness (QED) is 0.721. The van der Waals surface area contributed by atoms with Gasteiger partial charge in [-0.3, -0.25) is 9.89 Å². The molecule has 7 heteroatoms. The Balaban J connectivity index is 1.66. The lowest BCUT2D eigenvalue weighted by molar-refractivity contribution is 0.175. The molecule has 1 aromatic carbocycles. The molecule has 0 fully saturated rings. The molecule has 0 amide bonds. The monoisotopic (exact) mass is 366 g/mol. The van der Waals surface area contributed by atoms with Crippen LogP contribution in [-0.4, -0.2) is 38.4 Å². The SMILES string of the molecule is Cc1cc(O)c(C=Nc2ccc3c(c2)nc2n3CCN(C(C)C)C2)c(=O)o1. The van der Waals surface area contributed by atoms with E-state index in [0.29, 0.717) is 17.5 Å². The van der Waals surface area contributed by atoms with E-state index in [9.17, 15) is 9.90 Å². The number of hydrogen-bond acceptors (Lipinski definition) is 6. The Labute approximate surface area is 156 Å². The normalized spacial score (nSPS) is 15.1. The zero-order valence-corrected chi connectivity index (χ0v) is 15.6. The second kappa shape index (κ2) is 6.66. The van der Waals surface area contributed by atoms with Crippen molar-refractivity contribution in [2.75, 3.05) is 6.54 Å². The highest BCUT2D eigenvalue weighted by Crippen LogP contribution is 2.26. The van der Waals surface area contributed by atoms with E-state index in [1.807, 2.05) is 18.2 Å². The van der Waals surface area contributed by atoms with Gasteiger partial charge in [0.2, 0.25) is 0 Å². The van der Waals surface area contributed by atoms with E-state index in [-0.39, 0.29) is 11.3 Å². The van der Waals surface area contributed by atoms with E-state index >= 15 is 0 Å². The number of imidazole rings is 1. The molecule has 1 N–H and O–H groups in total. The van der Waals surface area contributed by atoms with Crippen molar-refractivity contribution in [3.63, 3.8) is 0 Å². The molecular formula is C20H22N4O3. The van der Waals surface area contributed by atoms with Gasteiger partial charge in [0.1, 0.15) is 22.9 Å². The molecule has 0 saturated carbocycles. The number of fused-ring (bicyclic) bond motifs is 3. The molecule has 140 valence electrons. The molecular weight excluding hydrogens is 344 g/mol. The van der Waals surface area contributed by atoms with Gasteiger partial charge in [-0.15, -0.1) is 0 Å². The number of benzene rings is 1. The number of aromatic nitrogens is 2. The maximum absolute atomic E-state index is 11.9. The van der Waals surface area contributed by atoms with E-state index in [4.69, 9.17) is 9.40 Å². The molecule has 0 radical (unpaired) electrons. The van der Waals surface area contributed by atoms with Crippen LogP contribution in [0.1, 0.15) is 31.0 Å². The van der Waals surface area contributed by atoms with Crippen LogP contribution < -0.4 is 5.63 Å². The van der Waals surface area contributed by atoms with Gasteiger partial charge in [-0.25, -0.2) is 9.78 Å². The lowest BCUT2D eigenvalue weighted by Crippen LogP contribution is -2.38. The van der Waals surface area contributed by atoms with E-state index in [0.717, 1.165) is 36.5 Å². The molecule has 0 spiro atoms. The van der Waals surface area contributed by atoms with Crippen LogP contribution in [0, 0.1) is 6.92 Å². The molecule has 27 heavy (non-hydrogen) atoms. The second-order valence-electron chi connectivity index (χ2n) is 7.12. The first-order valence-corrected chi connectivity index (χ1v) is 9.03. The van der Waals surface area contributed by atoms with Gasteiger partial charge in [0.15, 0.2) is 0 Å². The number of aromatic hydroxyl groups is 1. The van der Waals surface area contributed by atoms with Crippen LogP contribution in [0.15, 0.2) is 38.5 Å². The van der Waals surface area contributed by atoms with Crippen molar-refractivity contribution in [2.45, 2.75) is 39.9 Å². The third-order valence-corrected chi connectivity index (χ3v) is 4.93. The molecule has 0 bridgehead atoms. The highest BCUT2D eigenvalue weighted by atomic mass is 16.4. The van der Waals surface area contributed by atoms with E-state index in [1.54, 1.807) is 6.92 Å². The van der Waals surface area contributed by atoms with Crippen LogP contribution >= 0.6 is 0 Å². The third-order valence-electron chi connectivity index (χ3n) is 4.93. The van der Waals surface area contributed by atoms with E-state index in [1.165, 1.54) is 12.3 Å². The predicted molar refractivity (Wildman–Crippen MR) is 104 cm³/mol. The Morgan fingerprint density at radius 2 is 2.11 bits per heavy atom. The Kier molecular flexibility index (Phi) is 4.31. The summed E-state index contributed by atoms with van der Waals surface area (Å²) in [6.45, 7) is 8.77. The lowest BCUT2D eigenvalue weighted by atomic mass is 10.2. The summed E-state index contributed by atoms with van der Waals surface area (Å²) in [5, 5.41) is 9.93. The van der Waals surface area contributed by atoms with Crippen molar-refractivity contribution >= 4 is 22.9 Å². The minimum Gasteiger partial charge on any atom is -0.507 e. The molecule has 3 heterocycles. The molecule has 3 aromatic rings. The van der Waals surface area contributed by atoms with E-state index < -0.39 is 5.63 Å². The summed E-state index contributed by atoms with van der Waals surface area (Å²) >= 11 is 0. The van der Waals surface area contributed by atoms with Gasteiger partial charge in [-0.05, 0) is 39.0 Å². The molecule has 1 aliphatic rings. The average Bonchev–Trinajstić information content (AvgIpc) is 2.97. The fourth-order valence-corrected chi connectivity index (χ4v) is 3.41. The molecule has 7 nitrogen and oxygen atoms in total. The first-order chi connectivity index (χ1) is 12.9. The van der Waals surface area contributed by atoms with Crippen LogP contribution in [0.25, 0.3) is 11.0 Å². The highest BCUT2D eigenvalue weighted by molar-refractivity contribution is 5.86. The number of nitrogens with zero attached hydrogens (tertiary/aromatic N) is 4. The minimum absolute atomic E-state index is 0.0393. The van der Waals surface area contributed by atoms with Crippen LogP contribution in [0.4, 0.5) is 5.69 Å². The number of aryl methyl sites for hydroxylation is 1. The predicted octanol–water partition coefficient (Wildman–Crippen LogP) is 2.98. The van der Waals surface area contributed by atoms with Crippen molar-refractivity contribution in [1.82, 2.24) is 14.5 Å². The van der Waals surface area contributed by atoms with Gasteiger partial charge < -0.3 is 14.1 Å². The summed E-state index contributed by atoms with van der Waals surface area (Å²) in [6.07, 6.45) is 1.33. The highest BCUT2D eigenvalue weighted by Gasteiger charge is 2.21. The van der Waals surface area contributed by atoms with Crippen LogP contribution in [-0.2, 0) is 13.1 Å². The minimum atomic E-state index is -0.608. The van der Waals surface area contributed by atoms with Crippen molar-refractivity contribution in [2.24, 2.45) is 4.99 Å². The number of hydrogen-bond donors (Lipinski definition) is 1.